The van der Waals surface area contributed by atoms with Gasteiger partial charge in [0.1, 0.15) is 0 Å². The fourth-order valence-corrected chi connectivity index (χ4v) is 0.566. The third-order valence-electron chi connectivity index (χ3n) is 0.709. The second-order valence-electron chi connectivity index (χ2n) is 1.35. The van der Waals surface area contributed by atoms with Gasteiger partial charge in [0.15, 0.2) is 0 Å². The maximum atomic E-state index is 3.97. The molecule has 0 aromatic carbocycles. The van der Waals surface area contributed by atoms with Crippen LogP contribution >= 0.6 is 11.9 Å². The first-order chi connectivity index (χ1) is 3.81. The van der Waals surface area contributed by atoms with Crippen LogP contribution in [-0.4, -0.2) is 6.21 Å². The van der Waals surface area contributed by atoms with E-state index in [9.17, 15) is 0 Å². The lowest BCUT2D eigenvalue weighted by molar-refractivity contribution is 1.59. The predicted octanol–water partition coefficient (Wildman–Crippen LogP) is 2.65. The first kappa shape index (κ1) is 7.76. The molecule has 0 saturated carbocycles. The Morgan fingerprint density at radius 1 is 1.50 bits per heavy atom. The lowest BCUT2D eigenvalue weighted by atomic mass is 10.6. The van der Waals surface area contributed by atoms with Gasteiger partial charge < -0.3 is 0 Å². The Bertz CT molecular complexity index is 105. The van der Waals surface area contributed by atoms with E-state index in [-0.39, 0.29) is 0 Å². The van der Waals surface area contributed by atoms with Gasteiger partial charge in [-0.2, -0.15) is 0 Å². The molecule has 8 heavy (non-hydrogen) atoms. The van der Waals surface area contributed by atoms with Gasteiger partial charge in [-0.3, -0.25) is 0 Å². The molecule has 0 fully saturated rings. The Kier molecular flexibility index (Phi) is 4.76. The standard InChI is InChI=1S/C6H11NS/c1-4-6(3)8-7-5-2/h4-5H,1-3H3/b6-4-,7-5?. The van der Waals surface area contributed by atoms with Gasteiger partial charge in [-0.05, 0) is 20.8 Å². The number of hydrogen-bond donors (Lipinski definition) is 0. The van der Waals surface area contributed by atoms with Crippen LogP contribution in [0.25, 0.3) is 0 Å². The van der Waals surface area contributed by atoms with Crippen LogP contribution in [0, 0.1) is 0 Å². The molecule has 0 aliphatic heterocycles. The van der Waals surface area contributed by atoms with Crippen molar-refractivity contribution < 1.29 is 0 Å². The normalized spacial score (nSPS) is 13.1. The van der Waals surface area contributed by atoms with Gasteiger partial charge in [-0.15, -0.1) is 0 Å². The van der Waals surface area contributed by atoms with E-state index in [4.69, 9.17) is 0 Å². The van der Waals surface area contributed by atoms with E-state index in [1.165, 1.54) is 16.9 Å². The molecule has 0 unspecified atom stereocenters. The highest BCUT2D eigenvalue weighted by atomic mass is 32.2. The largest absolute Gasteiger partial charge is 0.224 e. The van der Waals surface area contributed by atoms with Crippen LogP contribution in [0.3, 0.4) is 0 Å². The average molecular weight is 129 g/mol. The zero-order chi connectivity index (χ0) is 6.41. The second kappa shape index (κ2) is 4.91. The van der Waals surface area contributed by atoms with E-state index < -0.39 is 0 Å². The molecule has 0 aromatic rings. The summed E-state index contributed by atoms with van der Waals surface area (Å²) in [6.45, 7) is 5.96. The minimum atomic E-state index is 1.24. The molecule has 0 rings (SSSR count). The van der Waals surface area contributed by atoms with Crippen molar-refractivity contribution >= 4 is 18.2 Å². The van der Waals surface area contributed by atoms with E-state index in [2.05, 4.69) is 4.40 Å². The van der Waals surface area contributed by atoms with E-state index in [1.807, 2.05) is 26.8 Å². The third kappa shape index (κ3) is 3.93. The summed E-state index contributed by atoms with van der Waals surface area (Å²) >= 11 is 1.51. The minimum absolute atomic E-state index is 1.24. The smallest absolute Gasteiger partial charge is 0.00987 e. The maximum Gasteiger partial charge on any atom is 0.00987 e. The summed E-state index contributed by atoms with van der Waals surface area (Å²) in [5, 5.41) is 0. The van der Waals surface area contributed by atoms with Crippen molar-refractivity contribution in [2.45, 2.75) is 20.8 Å². The molecular weight excluding hydrogens is 118 g/mol. The Balaban J connectivity index is 3.40. The van der Waals surface area contributed by atoms with Crippen LogP contribution in [-0.2, 0) is 0 Å². The number of hydrogen-bond acceptors (Lipinski definition) is 2. The summed E-state index contributed by atoms with van der Waals surface area (Å²) in [7, 11) is 0. The van der Waals surface area contributed by atoms with Crippen LogP contribution < -0.4 is 0 Å². The van der Waals surface area contributed by atoms with Gasteiger partial charge in [0.25, 0.3) is 0 Å². The summed E-state index contributed by atoms with van der Waals surface area (Å²) in [6, 6.07) is 0. The van der Waals surface area contributed by atoms with Gasteiger partial charge in [0.05, 0.1) is 0 Å². The molecule has 0 heterocycles. The number of rotatable bonds is 2. The van der Waals surface area contributed by atoms with E-state index in [1.54, 1.807) is 6.21 Å². The highest BCUT2D eigenvalue weighted by molar-refractivity contribution is 8.01. The topological polar surface area (TPSA) is 12.4 Å². The average Bonchev–Trinajstić information content (AvgIpc) is 1.83. The molecule has 0 aromatic heterocycles. The molecule has 0 radical (unpaired) electrons. The lowest BCUT2D eigenvalue weighted by Gasteiger charge is -1.87. The van der Waals surface area contributed by atoms with Crippen molar-refractivity contribution in [2.75, 3.05) is 0 Å². The summed E-state index contributed by atoms with van der Waals surface area (Å²) in [4.78, 5) is 1.24. The number of allylic oxidation sites excluding steroid dienone is 2. The van der Waals surface area contributed by atoms with Crippen LogP contribution in [0.4, 0.5) is 0 Å². The van der Waals surface area contributed by atoms with Crippen LogP contribution in [0.1, 0.15) is 20.8 Å². The molecule has 0 spiro atoms. The molecule has 0 amide bonds. The second-order valence-corrected chi connectivity index (χ2v) is 2.39. The number of nitrogens with zero attached hydrogens (tertiary/aromatic N) is 1. The summed E-state index contributed by atoms with van der Waals surface area (Å²) in [5.41, 5.74) is 0. The van der Waals surface area contributed by atoms with Gasteiger partial charge in [-0.25, -0.2) is 4.40 Å². The first-order valence-electron chi connectivity index (χ1n) is 2.59. The molecule has 1 nitrogen and oxygen atoms in total. The van der Waals surface area contributed by atoms with Crippen molar-refractivity contribution in [1.82, 2.24) is 0 Å². The molecule has 0 aliphatic carbocycles. The van der Waals surface area contributed by atoms with Crippen molar-refractivity contribution in [3.63, 3.8) is 0 Å². The van der Waals surface area contributed by atoms with E-state index in [0.29, 0.717) is 0 Å². The zero-order valence-corrected chi connectivity index (χ0v) is 6.33. The van der Waals surface area contributed by atoms with Crippen LogP contribution in [0.15, 0.2) is 15.4 Å². The highest BCUT2D eigenvalue weighted by Gasteiger charge is 1.79. The van der Waals surface area contributed by atoms with Crippen LogP contribution in [0.2, 0.25) is 0 Å². The van der Waals surface area contributed by atoms with Crippen LogP contribution in [0.5, 0.6) is 0 Å². The van der Waals surface area contributed by atoms with Gasteiger partial charge >= 0.3 is 0 Å². The van der Waals surface area contributed by atoms with Gasteiger partial charge in [-0.1, -0.05) is 6.08 Å². The monoisotopic (exact) mass is 129 g/mol. The Morgan fingerprint density at radius 3 is 2.50 bits per heavy atom. The van der Waals surface area contributed by atoms with E-state index in [0.717, 1.165) is 0 Å². The SMILES string of the molecule is CC=NS/C(C)=C\C. The predicted molar refractivity (Wildman–Crippen MR) is 41.2 cm³/mol. The molecule has 0 N–H and O–H groups in total. The summed E-state index contributed by atoms with van der Waals surface area (Å²) in [5.74, 6) is 0. The molecule has 2 heteroatoms. The third-order valence-corrected chi connectivity index (χ3v) is 1.55. The van der Waals surface area contributed by atoms with E-state index >= 15 is 0 Å². The van der Waals surface area contributed by atoms with Crippen molar-refractivity contribution in [3.8, 4) is 0 Å². The Labute approximate surface area is 55.0 Å². The first-order valence-corrected chi connectivity index (χ1v) is 3.36. The van der Waals surface area contributed by atoms with Gasteiger partial charge in [0.2, 0.25) is 0 Å². The lowest BCUT2D eigenvalue weighted by Crippen LogP contribution is -1.59. The van der Waals surface area contributed by atoms with Crippen molar-refractivity contribution in [2.24, 2.45) is 4.40 Å². The minimum Gasteiger partial charge on any atom is -0.224 e. The zero-order valence-electron chi connectivity index (χ0n) is 5.51. The molecule has 0 aliphatic rings. The fraction of sp³-hybridized carbons (Fsp3) is 0.500. The quantitative estimate of drug-likeness (QED) is 0.412. The molecule has 46 valence electrons. The molecule has 0 atom stereocenters. The highest BCUT2D eigenvalue weighted by Crippen LogP contribution is 2.13. The van der Waals surface area contributed by atoms with Gasteiger partial charge in [0, 0.05) is 23.1 Å². The van der Waals surface area contributed by atoms with Crippen molar-refractivity contribution in [1.29, 1.82) is 0 Å². The molecule has 0 saturated heterocycles. The van der Waals surface area contributed by atoms with Crippen molar-refractivity contribution in [3.05, 3.63) is 11.0 Å². The Hall–Kier alpha value is -0.240. The summed E-state index contributed by atoms with van der Waals surface area (Å²) < 4.78 is 3.97. The fourth-order valence-electron chi connectivity index (χ4n) is 0.189. The summed E-state index contributed by atoms with van der Waals surface area (Å²) in [6.07, 6.45) is 3.83. The molecule has 0 bridgehead atoms. The maximum absolute atomic E-state index is 3.97. The Morgan fingerprint density at radius 2 is 2.12 bits per heavy atom. The molecular formula is C6H11NS.